The fourth-order valence-electron chi connectivity index (χ4n) is 0.215. The third-order valence-corrected chi connectivity index (χ3v) is 0.648. The van der Waals surface area contributed by atoms with Crippen molar-refractivity contribution in [2.75, 3.05) is 7.11 Å². The number of ether oxygens (including phenoxy) is 1. The summed E-state index contributed by atoms with van der Waals surface area (Å²) in [6, 6.07) is 0. The molecule has 0 saturated heterocycles. The molecule has 2 nitrogen and oxygen atoms in total. The predicted molar refractivity (Wildman–Crippen MR) is 22.9 cm³/mol. The third kappa shape index (κ3) is 2.34. The number of carbonyl (C=O) groups excluding carboxylic acids is 1. The molecule has 0 aromatic rings. The molecule has 5 heteroatoms. The lowest BCUT2D eigenvalue weighted by Gasteiger charge is -2.01. The lowest BCUT2D eigenvalue weighted by atomic mass is 10.4. The maximum Gasteiger partial charge on any atom is 0.346 e. The van der Waals surface area contributed by atoms with Crippen molar-refractivity contribution in [2.24, 2.45) is 0 Å². The number of rotatable bonds is 2. The van der Waals surface area contributed by atoms with Crippen molar-refractivity contribution in [2.45, 2.75) is 12.6 Å². The number of halogens is 3. The molecule has 0 heterocycles. The van der Waals surface area contributed by atoms with Crippen molar-refractivity contribution in [3.63, 3.8) is 0 Å². The molecule has 0 aromatic carbocycles. The second-order valence-corrected chi connectivity index (χ2v) is 1.26. The van der Waals surface area contributed by atoms with E-state index < -0.39 is 18.6 Å². The molecule has 0 amide bonds. The molecule has 0 aliphatic heterocycles. The smallest absolute Gasteiger partial charge is 0.346 e. The Bertz CT molecular complexity index is 104. The van der Waals surface area contributed by atoms with E-state index in [1.165, 1.54) is 0 Å². The topological polar surface area (TPSA) is 26.3 Å². The number of hydrogen-bond acceptors (Lipinski definition) is 2. The van der Waals surface area contributed by atoms with Gasteiger partial charge in [-0.25, -0.2) is 18.0 Å². The first-order valence-electron chi connectivity index (χ1n) is 2.09. The van der Waals surface area contributed by atoms with Crippen LogP contribution in [0.3, 0.4) is 0 Å². The van der Waals surface area contributed by atoms with Crippen molar-refractivity contribution in [1.29, 1.82) is 0 Å². The molecule has 0 spiro atoms. The lowest BCUT2D eigenvalue weighted by Crippen LogP contribution is -2.24. The summed E-state index contributed by atoms with van der Waals surface area (Å²) in [5, 5.41) is 0. The molecule has 0 fully saturated rings. The highest BCUT2D eigenvalue weighted by molar-refractivity contribution is 5.74. The summed E-state index contributed by atoms with van der Waals surface area (Å²) < 4.78 is 37.8. The first-order chi connectivity index (χ1) is 4.09. The van der Waals surface area contributed by atoms with E-state index in [0.717, 1.165) is 7.11 Å². The van der Waals surface area contributed by atoms with Gasteiger partial charge in [0.1, 0.15) is 0 Å². The van der Waals surface area contributed by atoms with E-state index in [4.69, 9.17) is 0 Å². The molecule has 0 rings (SSSR count). The minimum absolute atomic E-state index is 0.845. The van der Waals surface area contributed by atoms with Crippen LogP contribution >= 0.6 is 0 Å². The van der Waals surface area contributed by atoms with E-state index in [-0.39, 0.29) is 0 Å². The molecule has 0 aliphatic rings. The van der Waals surface area contributed by atoms with Crippen molar-refractivity contribution in [3.8, 4) is 0 Å². The number of hydrogen-bond donors (Lipinski definition) is 0. The Morgan fingerprint density at radius 3 is 2.00 bits per heavy atom. The summed E-state index contributed by atoms with van der Waals surface area (Å²) in [7, 11) is 0.845. The van der Waals surface area contributed by atoms with Gasteiger partial charge in [0.15, 0.2) is 0 Å². The van der Waals surface area contributed by atoms with Crippen LogP contribution in [0.25, 0.3) is 0 Å². The van der Waals surface area contributed by atoms with Crippen LogP contribution in [0, 0.1) is 0 Å². The van der Waals surface area contributed by atoms with Gasteiger partial charge in [-0.2, -0.15) is 0 Å². The highest BCUT2D eigenvalue weighted by Crippen LogP contribution is 2.05. The Balaban J connectivity index is 3.72. The zero-order valence-corrected chi connectivity index (χ0v) is 4.61. The molecule has 54 valence electrons. The van der Waals surface area contributed by atoms with Crippen LogP contribution in [-0.2, 0) is 9.53 Å². The Morgan fingerprint density at radius 2 is 1.89 bits per heavy atom. The Labute approximate surface area is 49.6 Å². The third-order valence-electron chi connectivity index (χ3n) is 0.648. The second-order valence-electron chi connectivity index (χ2n) is 1.26. The Kier molecular flexibility index (Phi) is 3.05. The normalized spacial score (nSPS) is 13.4. The summed E-state index contributed by atoms with van der Waals surface area (Å²) in [4.78, 5) is 9.88. The molecular formula is C4H5F3O2. The SMILES string of the molecule is COC(=O)C(F)C(F)F. The van der Waals surface area contributed by atoms with E-state index in [1.807, 2.05) is 0 Å². The zero-order valence-electron chi connectivity index (χ0n) is 4.61. The van der Waals surface area contributed by atoms with Gasteiger partial charge in [0.2, 0.25) is 0 Å². The van der Waals surface area contributed by atoms with E-state index in [1.54, 1.807) is 0 Å². The number of methoxy groups -OCH3 is 1. The molecule has 1 atom stereocenters. The van der Waals surface area contributed by atoms with Crippen LogP contribution in [0.5, 0.6) is 0 Å². The van der Waals surface area contributed by atoms with Crippen LogP contribution in [0.4, 0.5) is 13.2 Å². The van der Waals surface area contributed by atoms with Gasteiger partial charge in [-0.15, -0.1) is 0 Å². The Hall–Kier alpha value is -0.740. The van der Waals surface area contributed by atoms with Crippen LogP contribution in [-0.4, -0.2) is 25.7 Å². The van der Waals surface area contributed by atoms with Gasteiger partial charge >= 0.3 is 5.97 Å². The van der Waals surface area contributed by atoms with Gasteiger partial charge < -0.3 is 4.74 Å². The summed E-state index contributed by atoms with van der Waals surface area (Å²) in [5.41, 5.74) is 0. The van der Waals surface area contributed by atoms with E-state index in [2.05, 4.69) is 4.74 Å². The first-order valence-corrected chi connectivity index (χ1v) is 2.09. The quantitative estimate of drug-likeness (QED) is 0.532. The monoisotopic (exact) mass is 142 g/mol. The van der Waals surface area contributed by atoms with Gasteiger partial charge in [-0.05, 0) is 0 Å². The molecule has 0 bridgehead atoms. The molecule has 0 N–H and O–H groups in total. The van der Waals surface area contributed by atoms with Crippen molar-refractivity contribution >= 4 is 5.97 Å². The minimum Gasteiger partial charge on any atom is -0.467 e. The second kappa shape index (κ2) is 3.32. The molecule has 0 radical (unpaired) electrons. The summed E-state index contributed by atoms with van der Waals surface area (Å²) in [6.07, 6.45) is -6.10. The van der Waals surface area contributed by atoms with Crippen molar-refractivity contribution < 1.29 is 22.7 Å². The average Bonchev–Trinajstić information content (AvgIpc) is 1.84. The minimum atomic E-state index is -3.29. The largest absolute Gasteiger partial charge is 0.467 e. The highest BCUT2D eigenvalue weighted by Gasteiger charge is 2.28. The van der Waals surface area contributed by atoms with Crippen LogP contribution in [0.1, 0.15) is 0 Å². The summed E-state index contributed by atoms with van der Waals surface area (Å²) in [6.45, 7) is 0. The maximum absolute atomic E-state index is 11.7. The standard InChI is InChI=1S/C4H5F3O2/c1-9-4(8)2(5)3(6)7/h2-3H,1H3. The first kappa shape index (κ1) is 8.26. The van der Waals surface area contributed by atoms with Gasteiger partial charge in [0, 0.05) is 0 Å². The lowest BCUT2D eigenvalue weighted by molar-refractivity contribution is -0.152. The highest BCUT2D eigenvalue weighted by atomic mass is 19.3. The molecule has 1 unspecified atom stereocenters. The molecule has 0 aromatic heterocycles. The number of alkyl halides is 3. The van der Waals surface area contributed by atoms with Gasteiger partial charge in [-0.3, -0.25) is 0 Å². The van der Waals surface area contributed by atoms with Crippen LogP contribution in [0.2, 0.25) is 0 Å². The summed E-state index contributed by atoms with van der Waals surface area (Å²) in [5.74, 6) is -1.54. The van der Waals surface area contributed by atoms with Crippen molar-refractivity contribution in [3.05, 3.63) is 0 Å². The molecule has 0 aliphatic carbocycles. The zero-order chi connectivity index (χ0) is 7.44. The van der Waals surface area contributed by atoms with E-state index in [9.17, 15) is 18.0 Å². The molecule has 0 saturated carbocycles. The van der Waals surface area contributed by atoms with Crippen LogP contribution < -0.4 is 0 Å². The van der Waals surface area contributed by atoms with E-state index in [0.29, 0.717) is 0 Å². The van der Waals surface area contributed by atoms with Crippen molar-refractivity contribution in [1.82, 2.24) is 0 Å². The molecule has 9 heavy (non-hydrogen) atoms. The fourth-order valence-corrected chi connectivity index (χ4v) is 0.215. The fraction of sp³-hybridized carbons (Fsp3) is 0.750. The van der Waals surface area contributed by atoms with Crippen LogP contribution in [0.15, 0.2) is 0 Å². The van der Waals surface area contributed by atoms with Gasteiger partial charge in [0.25, 0.3) is 12.6 Å². The van der Waals surface area contributed by atoms with Gasteiger partial charge in [0.05, 0.1) is 7.11 Å². The summed E-state index contributed by atoms with van der Waals surface area (Å²) >= 11 is 0. The number of carbonyl (C=O) groups is 1. The van der Waals surface area contributed by atoms with E-state index >= 15 is 0 Å². The Morgan fingerprint density at radius 1 is 1.44 bits per heavy atom. The average molecular weight is 142 g/mol. The molecular weight excluding hydrogens is 137 g/mol. The van der Waals surface area contributed by atoms with Gasteiger partial charge in [-0.1, -0.05) is 0 Å². The number of esters is 1. The maximum atomic E-state index is 11.7. The predicted octanol–water partition coefficient (Wildman–Crippen LogP) is 0.763.